The fraction of sp³-hybridized carbons (Fsp3) is 0.588. The summed E-state index contributed by atoms with van der Waals surface area (Å²) in [4.78, 5) is 14.3. The standard InChI is InChI=1S/C17H24FN3O3S/c1-25(23,24)19-11-14-7-2-3-8-21(14)17(22)20-16-10-15(16)12-5-4-6-13(18)9-12/h4-6,9,14-16,19H,2-3,7-8,10-11H2,1H3,(H,20,22)/t14?,15-,16+/m0/s1. The minimum absolute atomic E-state index is 0.0137. The lowest BCUT2D eigenvalue weighted by atomic mass is 10.0. The van der Waals surface area contributed by atoms with Gasteiger partial charge in [0.1, 0.15) is 5.82 Å². The smallest absolute Gasteiger partial charge is 0.317 e. The van der Waals surface area contributed by atoms with Gasteiger partial charge in [0.25, 0.3) is 0 Å². The molecule has 2 N–H and O–H groups in total. The molecule has 1 aliphatic carbocycles. The summed E-state index contributed by atoms with van der Waals surface area (Å²) in [6.07, 6.45) is 4.60. The number of carbonyl (C=O) groups is 1. The second-order valence-electron chi connectivity index (χ2n) is 6.92. The van der Waals surface area contributed by atoms with Crippen molar-refractivity contribution >= 4 is 16.1 Å². The molecule has 0 aromatic heterocycles. The van der Waals surface area contributed by atoms with E-state index in [2.05, 4.69) is 10.0 Å². The molecule has 8 heteroatoms. The zero-order valence-electron chi connectivity index (χ0n) is 14.2. The SMILES string of the molecule is CS(=O)(=O)NCC1CCCCN1C(=O)N[C@@H]1C[C@H]1c1cccc(F)c1. The number of sulfonamides is 1. The molecule has 138 valence electrons. The first kappa shape index (κ1) is 18.1. The summed E-state index contributed by atoms with van der Waals surface area (Å²) >= 11 is 0. The zero-order valence-corrected chi connectivity index (χ0v) is 15.1. The number of urea groups is 1. The Labute approximate surface area is 147 Å². The molecule has 1 heterocycles. The summed E-state index contributed by atoms with van der Waals surface area (Å²) in [6.45, 7) is 0.865. The van der Waals surface area contributed by atoms with Crippen LogP contribution in [0.1, 0.15) is 37.2 Å². The first-order valence-electron chi connectivity index (χ1n) is 8.61. The van der Waals surface area contributed by atoms with Crippen molar-refractivity contribution in [2.24, 2.45) is 0 Å². The summed E-state index contributed by atoms with van der Waals surface area (Å²) < 4.78 is 38.4. The van der Waals surface area contributed by atoms with E-state index >= 15 is 0 Å². The molecular weight excluding hydrogens is 345 g/mol. The molecule has 0 spiro atoms. The highest BCUT2D eigenvalue weighted by Gasteiger charge is 2.41. The summed E-state index contributed by atoms with van der Waals surface area (Å²) in [6, 6.07) is 6.20. The van der Waals surface area contributed by atoms with Gasteiger partial charge in [0.15, 0.2) is 0 Å². The number of likely N-dealkylation sites (tertiary alicyclic amines) is 1. The van der Waals surface area contributed by atoms with Crippen LogP contribution in [0.2, 0.25) is 0 Å². The summed E-state index contributed by atoms with van der Waals surface area (Å²) in [5, 5.41) is 3.01. The average Bonchev–Trinajstić information content (AvgIpc) is 3.31. The quantitative estimate of drug-likeness (QED) is 0.831. The second-order valence-corrected chi connectivity index (χ2v) is 8.75. The van der Waals surface area contributed by atoms with Gasteiger partial charge in [-0.25, -0.2) is 22.3 Å². The lowest BCUT2D eigenvalue weighted by Crippen LogP contribution is -2.53. The number of nitrogens with zero attached hydrogens (tertiary/aromatic N) is 1. The van der Waals surface area contributed by atoms with Crippen molar-refractivity contribution in [1.82, 2.24) is 14.9 Å². The molecule has 2 fully saturated rings. The monoisotopic (exact) mass is 369 g/mol. The van der Waals surface area contributed by atoms with Gasteiger partial charge in [0.05, 0.1) is 6.26 Å². The first-order chi connectivity index (χ1) is 11.8. The van der Waals surface area contributed by atoms with Crippen molar-refractivity contribution in [3.63, 3.8) is 0 Å². The minimum atomic E-state index is -3.28. The fourth-order valence-corrected chi connectivity index (χ4v) is 3.92. The molecule has 1 unspecified atom stereocenters. The van der Waals surface area contributed by atoms with E-state index in [0.717, 1.165) is 37.5 Å². The molecule has 1 aliphatic heterocycles. The molecule has 1 aromatic carbocycles. The number of halogens is 1. The van der Waals surface area contributed by atoms with Crippen LogP contribution >= 0.6 is 0 Å². The summed E-state index contributed by atoms with van der Waals surface area (Å²) in [5.74, 6) is -0.116. The lowest BCUT2D eigenvalue weighted by Gasteiger charge is -2.35. The third-order valence-corrected chi connectivity index (χ3v) is 5.54. The van der Waals surface area contributed by atoms with E-state index in [1.807, 2.05) is 6.07 Å². The van der Waals surface area contributed by atoms with Gasteiger partial charge in [-0.05, 0) is 43.4 Å². The first-order valence-corrected chi connectivity index (χ1v) is 10.5. The van der Waals surface area contributed by atoms with Crippen molar-refractivity contribution < 1.29 is 17.6 Å². The molecular formula is C17H24FN3O3S. The molecule has 0 bridgehead atoms. The van der Waals surface area contributed by atoms with Gasteiger partial charge < -0.3 is 10.2 Å². The van der Waals surface area contributed by atoms with Gasteiger partial charge in [-0.1, -0.05) is 12.1 Å². The predicted molar refractivity (Wildman–Crippen MR) is 93.3 cm³/mol. The van der Waals surface area contributed by atoms with E-state index < -0.39 is 10.0 Å². The Kier molecular flexibility index (Phi) is 5.29. The third kappa shape index (κ3) is 4.92. The highest BCUT2D eigenvalue weighted by atomic mass is 32.2. The van der Waals surface area contributed by atoms with Crippen LogP contribution in [-0.4, -0.2) is 50.8 Å². The highest BCUT2D eigenvalue weighted by Crippen LogP contribution is 2.41. The topological polar surface area (TPSA) is 78.5 Å². The van der Waals surface area contributed by atoms with Crippen molar-refractivity contribution in [2.45, 2.75) is 43.7 Å². The minimum Gasteiger partial charge on any atom is -0.335 e. The van der Waals surface area contributed by atoms with Gasteiger partial charge in [-0.2, -0.15) is 0 Å². The zero-order chi connectivity index (χ0) is 18.0. The van der Waals surface area contributed by atoms with E-state index in [1.54, 1.807) is 11.0 Å². The maximum absolute atomic E-state index is 13.3. The van der Waals surface area contributed by atoms with Gasteiger partial charge >= 0.3 is 6.03 Å². The third-order valence-electron chi connectivity index (χ3n) is 4.85. The van der Waals surface area contributed by atoms with Gasteiger partial charge in [0, 0.05) is 31.1 Å². The Bertz CT molecular complexity index is 740. The second kappa shape index (κ2) is 7.29. The Hall–Kier alpha value is -1.67. The number of benzene rings is 1. The molecule has 2 aliphatic rings. The van der Waals surface area contributed by atoms with Crippen LogP contribution in [0, 0.1) is 5.82 Å². The maximum Gasteiger partial charge on any atom is 0.317 e. The van der Waals surface area contributed by atoms with Crippen LogP contribution in [0.15, 0.2) is 24.3 Å². The van der Waals surface area contributed by atoms with E-state index in [9.17, 15) is 17.6 Å². The molecule has 3 atom stereocenters. The number of hydrogen-bond acceptors (Lipinski definition) is 3. The highest BCUT2D eigenvalue weighted by molar-refractivity contribution is 7.88. The number of nitrogens with one attached hydrogen (secondary N) is 2. The van der Waals surface area contributed by atoms with Crippen LogP contribution in [0.3, 0.4) is 0 Å². The van der Waals surface area contributed by atoms with Crippen molar-refractivity contribution in [1.29, 1.82) is 0 Å². The Morgan fingerprint density at radius 2 is 2.16 bits per heavy atom. The summed E-state index contributed by atoms with van der Waals surface area (Å²) in [5.41, 5.74) is 0.902. The fourth-order valence-electron chi connectivity index (χ4n) is 3.43. The Morgan fingerprint density at radius 1 is 1.36 bits per heavy atom. The van der Waals surface area contributed by atoms with Crippen LogP contribution in [0.5, 0.6) is 0 Å². The van der Waals surface area contributed by atoms with Crippen LogP contribution in [0.4, 0.5) is 9.18 Å². The number of hydrogen-bond donors (Lipinski definition) is 2. The number of carbonyl (C=O) groups excluding carboxylic acids is 1. The van der Waals surface area contributed by atoms with Crippen LogP contribution < -0.4 is 10.0 Å². The molecule has 25 heavy (non-hydrogen) atoms. The molecule has 6 nitrogen and oxygen atoms in total. The van der Waals surface area contributed by atoms with Gasteiger partial charge in [-0.15, -0.1) is 0 Å². The van der Waals surface area contributed by atoms with Crippen molar-refractivity contribution in [3.05, 3.63) is 35.6 Å². The Balaban J connectivity index is 1.56. The number of piperidine rings is 1. The normalized spacial score (nSPS) is 26.3. The van der Waals surface area contributed by atoms with E-state index in [1.165, 1.54) is 12.1 Å². The van der Waals surface area contributed by atoms with Gasteiger partial charge in [0.2, 0.25) is 10.0 Å². The Morgan fingerprint density at radius 3 is 2.88 bits per heavy atom. The molecule has 0 radical (unpaired) electrons. The van der Waals surface area contributed by atoms with Crippen LogP contribution in [-0.2, 0) is 10.0 Å². The largest absolute Gasteiger partial charge is 0.335 e. The molecule has 1 aromatic rings. The average molecular weight is 369 g/mol. The molecule has 1 saturated heterocycles. The maximum atomic E-state index is 13.3. The lowest BCUT2D eigenvalue weighted by molar-refractivity contribution is 0.151. The molecule has 2 amide bonds. The number of amides is 2. The van der Waals surface area contributed by atoms with Crippen molar-refractivity contribution in [3.8, 4) is 0 Å². The summed E-state index contributed by atoms with van der Waals surface area (Å²) in [7, 11) is -3.28. The van der Waals surface area contributed by atoms with E-state index in [0.29, 0.717) is 6.54 Å². The van der Waals surface area contributed by atoms with E-state index in [4.69, 9.17) is 0 Å². The predicted octanol–water partition coefficient (Wildman–Crippen LogP) is 1.79. The van der Waals surface area contributed by atoms with Crippen molar-refractivity contribution in [2.75, 3.05) is 19.3 Å². The number of rotatable bonds is 5. The van der Waals surface area contributed by atoms with Crippen LogP contribution in [0.25, 0.3) is 0 Å². The van der Waals surface area contributed by atoms with Gasteiger partial charge in [-0.3, -0.25) is 0 Å². The van der Waals surface area contributed by atoms with E-state index in [-0.39, 0.29) is 36.4 Å². The molecule has 1 saturated carbocycles. The molecule has 3 rings (SSSR count).